The number of hydrogen-bond acceptors (Lipinski definition) is 12. The normalized spacial score (nSPS) is 12.0. The van der Waals surface area contributed by atoms with Crippen LogP contribution >= 0.6 is 58.0 Å². The number of carbonyl (C=O) groups is 6. The maximum atomic E-state index is 13.6. The summed E-state index contributed by atoms with van der Waals surface area (Å²) in [5.74, 6) is -2.04. The van der Waals surface area contributed by atoms with E-state index in [1.54, 1.807) is 36.4 Å². The molecule has 0 heterocycles. The Labute approximate surface area is 422 Å². The first kappa shape index (κ1) is 53.5. The maximum absolute atomic E-state index is 13.6. The summed E-state index contributed by atoms with van der Waals surface area (Å²) in [5, 5.41) is 27.3. The van der Waals surface area contributed by atoms with E-state index in [0.717, 1.165) is 25.0 Å². The van der Waals surface area contributed by atoms with E-state index in [1.165, 1.54) is 68.8 Å². The number of anilines is 4. The zero-order valence-electron chi connectivity index (χ0n) is 37.5. The van der Waals surface area contributed by atoms with Gasteiger partial charge >= 0.3 is 0 Å². The van der Waals surface area contributed by atoms with Crippen LogP contribution in [0.5, 0.6) is 11.5 Å². The van der Waals surface area contributed by atoms with E-state index < -0.39 is 47.3 Å². The van der Waals surface area contributed by atoms with Crippen molar-refractivity contribution in [2.45, 2.75) is 45.2 Å². The van der Waals surface area contributed by atoms with E-state index in [0.29, 0.717) is 53.0 Å². The summed E-state index contributed by atoms with van der Waals surface area (Å²) in [5.41, 5.74) is 3.86. The van der Waals surface area contributed by atoms with E-state index in [2.05, 4.69) is 41.7 Å². The van der Waals surface area contributed by atoms with Crippen LogP contribution in [0.1, 0.15) is 51.3 Å². The lowest BCUT2D eigenvalue weighted by Crippen LogP contribution is -2.32. The highest BCUT2D eigenvalue weighted by molar-refractivity contribution is 6.33. The van der Waals surface area contributed by atoms with E-state index in [9.17, 15) is 28.8 Å². The molecule has 5 aromatic carbocycles. The summed E-state index contributed by atoms with van der Waals surface area (Å²) in [6.45, 7) is 2.32. The van der Waals surface area contributed by atoms with E-state index in [-0.39, 0.29) is 56.2 Å². The quantitative estimate of drug-likeness (QED) is 0.0296. The Morgan fingerprint density at radius 2 is 0.899 bits per heavy atom. The van der Waals surface area contributed by atoms with Crippen LogP contribution in [0.2, 0.25) is 10.0 Å². The fourth-order valence-corrected chi connectivity index (χ4v) is 7.42. The summed E-state index contributed by atoms with van der Waals surface area (Å²) in [6, 6.07) is 20.1. The Kier molecular flexibility index (Phi) is 20.0. The summed E-state index contributed by atoms with van der Waals surface area (Å²) in [6.07, 6.45) is 1.14. The molecule has 5 rings (SSSR count). The number of nitrogens with zero attached hydrogens (tertiary/aromatic N) is 4. The lowest BCUT2D eigenvalue weighted by molar-refractivity contribution is -0.127. The third-order valence-corrected chi connectivity index (χ3v) is 11.3. The number of ether oxygens (including phenoxy) is 2. The average molecular weight is 1040 g/mol. The standard InChI is InChI=1S/C48H45Cl5N8O8/c1-26(62)43(60-58-41-24-31(5-10-36(41)52)45(64)55-39-13-8-34(68-3)22-29(39)16-19-50)47(66)54-33-7-12-38(28(21-33)15-18-49)57-48(67)44(27(2)63)61-59-42-25-32(6-11-37(42)53)46(65)56-40-14-9-35(69-4)23-30(40)17-20-51/h5-14,21-25,43-44H,15-20H2,1-4H3,(H,54,66)(H,55,64)(H,56,65)(H,57,67). The second-order valence-corrected chi connectivity index (χ2v) is 16.9. The van der Waals surface area contributed by atoms with Crippen molar-refractivity contribution in [2.24, 2.45) is 20.5 Å². The fourth-order valence-electron chi connectivity index (χ4n) is 6.50. The number of nitrogens with one attached hydrogen (secondary N) is 4. The lowest BCUT2D eigenvalue weighted by atomic mass is 10.1. The van der Waals surface area contributed by atoms with Gasteiger partial charge in [-0.2, -0.15) is 20.5 Å². The molecule has 0 aliphatic heterocycles. The first-order chi connectivity index (χ1) is 33.1. The highest BCUT2D eigenvalue weighted by atomic mass is 35.5. The Hall–Kier alpha value is -6.43. The number of alkyl halides is 3. The molecule has 0 saturated heterocycles. The van der Waals surface area contributed by atoms with Crippen molar-refractivity contribution in [3.63, 3.8) is 0 Å². The molecule has 69 heavy (non-hydrogen) atoms. The largest absolute Gasteiger partial charge is 0.497 e. The molecule has 0 spiro atoms. The van der Waals surface area contributed by atoms with Crippen molar-refractivity contribution < 1.29 is 38.2 Å². The molecule has 0 bridgehead atoms. The molecule has 360 valence electrons. The van der Waals surface area contributed by atoms with Gasteiger partial charge in [-0.1, -0.05) is 23.2 Å². The van der Waals surface area contributed by atoms with E-state index in [1.807, 2.05) is 0 Å². The number of Topliss-reactive ketones (excluding diaryl/α,β-unsaturated/α-hetero) is 2. The number of benzene rings is 5. The summed E-state index contributed by atoms with van der Waals surface area (Å²) in [4.78, 5) is 79.1. The number of carbonyl (C=O) groups excluding carboxylic acids is 6. The SMILES string of the molecule is COc1ccc(NC(=O)c2ccc(Cl)c(N=NC(C(C)=O)C(=O)Nc3ccc(NC(=O)C(N=Nc4cc(C(=O)Nc5ccc(OC)cc5CCCl)ccc4Cl)C(C)=O)c(CCCl)c3)c2)c(CCCl)c1. The lowest BCUT2D eigenvalue weighted by Gasteiger charge is -2.16. The zero-order chi connectivity index (χ0) is 50.2. The minimum absolute atomic E-state index is 0.0207. The molecule has 0 radical (unpaired) electrons. The molecule has 4 N–H and O–H groups in total. The third kappa shape index (κ3) is 14.8. The number of methoxy groups -OCH3 is 2. The van der Waals surface area contributed by atoms with Gasteiger partial charge in [-0.15, -0.1) is 34.8 Å². The highest BCUT2D eigenvalue weighted by Crippen LogP contribution is 2.31. The van der Waals surface area contributed by atoms with Crippen LogP contribution in [-0.4, -0.2) is 79.1 Å². The van der Waals surface area contributed by atoms with Gasteiger partial charge in [-0.05, 0) is 141 Å². The molecule has 2 unspecified atom stereocenters. The molecule has 0 aromatic heterocycles. The van der Waals surface area contributed by atoms with Gasteiger partial charge in [0.2, 0.25) is 12.1 Å². The molecule has 21 heteroatoms. The monoisotopic (exact) mass is 1040 g/mol. The zero-order valence-corrected chi connectivity index (χ0v) is 41.3. The van der Waals surface area contributed by atoms with Crippen LogP contribution in [-0.2, 0) is 38.4 Å². The van der Waals surface area contributed by atoms with Gasteiger partial charge in [0.15, 0.2) is 11.6 Å². The van der Waals surface area contributed by atoms with Crippen LogP contribution in [0.4, 0.5) is 34.1 Å². The smallest absolute Gasteiger partial charge is 0.258 e. The van der Waals surface area contributed by atoms with Crippen LogP contribution < -0.4 is 30.7 Å². The molecule has 16 nitrogen and oxygen atoms in total. The van der Waals surface area contributed by atoms with Gasteiger partial charge in [-0.25, -0.2) is 0 Å². The minimum atomic E-state index is -1.63. The van der Waals surface area contributed by atoms with Crippen molar-refractivity contribution in [3.8, 4) is 11.5 Å². The Morgan fingerprint density at radius 1 is 0.507 bits per heavy atom. The number of hydrogen-bond donors (Lipinski definition) is 4. The molecule has 0 saturated carbocycles. The van der Waals surface area contributed by atoms with Crippen LogP contribution in [0.15, 0.2) is 111 Å². The second kappa shape index (κ2) is 25.8. The second-order valence-electron chi connectivity index (χ2n) is 14.9. The van der Waals surface area contributed by atoms with Gasteiger partial charge in [0.05, 0.1) is 24.3 Å². The van der Waals surface area contributed by atoms with Crippen molar-refractivity contribution in [1.82, 2.24) is 0 Å². The van der Waals surface area contributed by atoms with Crippen molar-refractivity contribution >= 4 is 127 Å². The number of halogens is 5. The Bertz CT molecular complexity index is 2810. The van der Waals surface area contributed by atoms with Gasteiger partial charge < -0.3 is 30.7 Å². The number of rotatable bonds is 22. The number of amides is 4. The molecule has 0 aliphatic carbocycles. The number of aryl methyl sites for hydroxylation is 3. The number of azo groups is 2. The van der Waals surface area contributed by atoms with Crippen LogP contribution in [0, 0.1) is 0 Å². The van der Waals surface area contributed by atoms with Gasteiger partial charge in [-0.3, -0.25) is 28.8 Å². The van der Waals surface area contributed by atoms with E-state index >= 15 is 0 Å². The average Bonchev–Trinajstić information content (AvgIpc) is 3.32. The van der Waals surface area contributed by atoms with E-state index in [4.69, 9.17) is 67.5 Å². The van der Waals surface area contributed by atoms with Crippen LogP contribution in [0.3, 0.4) is 0 Å². The first-order valence-electron chi connectivity index (χ1n) is 20.9. The molecular formula is C48H45Cl5N8O8. The summed E-state index contributed by atoms with van der Waals surface area (Å²) in [7, 11) is 3.06. The third-order valence-electron chi connectivity index (χ3n) is 10.1. The molecule has 5 aromatic rings. The Balaban J connectivity index is 1.28. The minimum Gasteiger partial charge on any atom is -0.497 e. The molecule has 4 amide bonds. The molecule has 0 fully saturated rings. The molecular weight excluding hydrogens is 994 g/mol. The maximum Gasteiger partial charge on any atom is 0.258 e. The number of ketones is 2. The highest BCUT2D eigenvalue weighted by Gasteiger charge is 2.26. The first-order valence-corrected chi connectivity index (χ1v) is 23.3. The summed E-state index contributed by atoms with van der Waals surface area (Å²) < 4.78 is 10.6. The predicted molar refractivity (Wildman–Crippen MR) is 270 cm³/mol. The topological polar surface area (TPSA) is 218 Å². The van der Waals surface area contributed by atoms with Gasteiger partial charge in [0.25, 0.3) is 23.6 Å². The fraction of sp³-hybridized carbons (Fsp3) is 0.250. The molecule has 2 atom stereocenters. The molecule has 0 aliphatic rings. The van der Waals surface area contributed by atoms with Crippen molar-refractivity contribution in [1.29, 1.82) is 0 Å². The van der Waals surface area contributed by atoms with Gasteiger partial charge in [0, 0.05) is 51.5 Å². The Morgan fingerprint density at radius 3 is 1.30 bits per heavy atom. The van der Waals surface area contributed by atoms with Crippen molar-refractivity contribution in [3.05, 3.63) is 129 Å². The van der Waals surface area contributed by atoms with Crippen molar-refractivity contribution in [2.75, 3.05) is 53.1 Å². The van der Waals surface area contributed by atoms with Gasteiger partial charge in [0.1, 0.15) is 22.9 Å². The van der Waals surface area contributed by atoms with Crippen LogP contribution in [0.25, 0.3) is 0 Å². The summed E-state index contributed by atoms with van der Waals surface area (Å²) >= 11 is 30.8. The predicted octanol–water partition coefficient (Wildman–Crippen LogP) is 11.2.